The molecule has 2 aromatic rings. The summed E-state index contributed by atoms with van der Waals surface area (Å²) in [7, 11) is 0. The van der Waals surface area contributed by atoms with Crippen LogP contribution in [0.2, 0.25) is 10.0 Å². The zero-order chi connectivity index (χ0) is 13.1. The highest BCUT2D eigenvalue weighted by Crippen LogP contribution is 2.28. The Morgan fingerprint density at radius 2 is 2.06 bits per heavy atom. The maximum Gasteiger partial charge on any atom is 0.339 e. The molecular weight excluding hydrogens is 275 g/mol. The van der Waals surface area contributed by atoms with Crippen LogP contribution in [-0.2, 0) is 0 Å². The molecule has 0 atom stereocenters. The molecule has 0 amide bonds. The van der Waals surface area contributed by atoms with Crippen molar-refractivity contribution in [2.75, 3.05) is 5.32 Å². The number of benzene rings is 1. The van der Waals surface area contributed by atoms with Crippen molar-refractivity contribution in [2.24, 2.45) is 0 Å². The van der Waals surface area contributed by atoms with Gasteiger partial charge in [0.2, 0.25) is 0 Å². The number of halogens is 2. The molecule has 92 valence electrons. The van der Waals surface area contributed by atoms with Gasteiger partial charge < -0.3 is 10.4 Å². The van der Waals surface area contributed by atoms with Gasteiger partial charge in [0.25, 0.3) is 0 Å². The molecule has 0 bridgehead atoms. The zero-order valence-electron chi connectivity index (χ0n) is 9.02. The number of carbonyl (C=O) groups is 1. The molecule has 0 aliphatic rings. The molecule has 0 saturated heterocycles. The molecule has 0 aliphatic heterocycles. The molecule has 0 saturated carbocycles. The Labute approximate surface area is 113 Å². The van der Waals surface area contributed by atoms with E-state index in [0.717, 1.165) is 0 Å². The zero-order valence-corrected chi connectivity index (χ0v) is 10.5. The van der Waals surface area contributed by atoms with Gasteiger partial charge in [0.1, 0.15) is 11.4 Å². The van der Waals surface area contributed by atoms with Crippen molar-refractivity contribution in [1.82, 2.24) is 4.98 Å². The fourth-order valence-electron chi connectivity index (χ4n) is 1.40. The van der Waals surface area contributed by atoms with Crippen molar-refractivity contribution in [3.8, 4) is 0 Å². The van der Waals surface area contributed by atoms with E-state index in [0.29, 0.717) is 15.7 Å². The predicted octanol–water partition coefficient (Wildman–Crippen LogP) is 3.83. The minimum atomic E-state index is -1.07. The Morgan fingerprint density at radius 1 is 1.28 bits per heavy atom. The highest BCUT2D eigenvalue weighted by Gasteiger charge is 2.11. The molecule has 1 aromatic heterocycles. The summed E-state index contributed by atoms with van der Waals surface area (Å²) < 4.78 is 0. The van der Waals surface area contributed by atoms with Crippen molar-refractivity contribution in [1.29, 1.82) is 0 Å². The number of aromatic carboxylic acids is 1. The second kappa shape index (κ2) is 5.25. The molecule has 0 fully saturated rings. The third-order valence-corrected chi connectivity index (χ3v) is 2.78. The normalized spacial score (nSPS) is 10.1. The Kier molecular flexibility index (Phi) is 3.69. The van der Waals surface area contributed by atoms with Gasteiger partial charge in [0.15, 0.2) is 0 Å². The number of hydrogen-bond donors (Lipinski definition) is 2. The van der Waals surface area contributed by atoms with Crippen LogP contribution in [-0.4, -0.2) is 16.1 Å². The van der Waals surface area contributed by atoms with Gasteiger partial charge in [-0.2, -0.15) is 0 Å². The maximum absolute atomic E-state index is 11.0. The van der Waals surface area contributed by atoms with Crippen LogP contribution < -0.4 is 5.32 Å². The summed E-state index contributed by atoms with van der Waals surface area (Å²) in [5.41, 5.74) is 0.568. The smallest absolute Gasteiger partial charge is 0.339 e. The fraction of sp³-hybridized carbons (Fsp3) is 0. The number of aromatic nitrogens is 1. The number of carboxylic acid groups (broad SMARTS) is 1. The molecule has 6 heteroatoms. The molecule has 0 spiro atoms. The van der Waals surface area contributed by atoms with Crippen molar-refractivity contribution >= 4 is 40.7 Å². The number of rotatable bonds is 3. The predicted molar refractivity (Wildman–Crippen MR) is 70.9 cm³/mol. The number of anilines is 2. The van der Waals surface area contributed by atoms with Crippen LogP contribution in [0, 0.1) is 0 Å². The lowest BCUT2D eigenvalue weighted by Gasteiger charge is -2.10. The number of nitrogens with zero attached hydrogens (tertiary/aromatic N) is 1. The summed E-state index contributed by atoms with van der Waals surface area (Å²) in [6.07, 6.45) is 1.49. The van der Waals surface area contributed by atoms with Crippen LogP contribution in [0.15, 0.2) is 36.5 Å². The van der Waals surface area contributed by atoms with E-state index in [1.165, 1.54) is 12.3 Å². The summed E-state index contributed by atoms with van der Waals surface area (Å²) in [4.78, 5) is 15.0. The van der Waals surface area contributed by atoms with E-state index in [2.05, 4.69) is 10.3 Å². The molecular formula is C12H8Cl2N2O2. The molecule has 1 aromatic carbocycles. The minimum Gasteiger partial charge on any atom is -0.478 e. The standard InChI is InChI=1S/C12H8Cl2N2O2/c13-7-3-4-9(14)10(6-7)16-11-8(12(17)18)2-1-5-15-11/h1-6H,(H,15,16)(H,17,18). The first-order valence-corrected chi connectivity index (χ1v) is 5.74. The number of nitrogens with one attached hydrogen (secondary N) is 1. The number of carboxylic acids is 1. The summed E-state index contributed by atoms with van der Waals surface area (Å²) in [6.45, 7) is 0. The highest BCUT2D eigenvalue weighted by atomic mass is 35.5. The van der Waals surface area contributed by atoms with E-state index in [4.69, 9.17) is 28.3 Å². The number of hydrogen-bond acceptors (Lipinski definition) is 3. The average molecular weight is 283 g/mol. The first-order valence-electron chi connectivity index (χ1n) is 4.98. The van der Waals surface area contributed by atoms with Crippen molar-refractivity contribution in [3.63, 3.8) is 0 Å². The molecule has 4 nitrogen and oxygen atoms in total. The van der Waals surface area contributed by atoms with Gasteiger partial charge >= 0.3 is 5.97 Å². The Balaban J connectivity index is 2.40. The van der Waals surface area contributed by atoms with Crippen LogP contribution in [0.5, 0.6) is 0 Å². The molecule has 0 unspecified atom stereocenters. The van der Waals surface area contributed by atoms with Gasteiger partial charge in [-0.1, -0.05) is 23.2 Å². The summed E-state index contributed by atoms with van der Waals surface area (Å²) in [5, 5.41) is 12.8. The second-order valence-corrected chi connectivity index (χ2v) is 4.30. The first-order chi connectivity index (χ1) is 8.58. The van der Waals surface area contributed by atoms with Gasteiger partial charge in [-0.05, 0) is 30.3 Å². The van der Waals surface area contributed by atoms with E-state index in [-0.39, 0.29) is 11.4 Å². The second-order valence-electron chi connectivity index (χ2n) is 3.45. The summed E-state index contributed by atoms with van der Waals surface area (Å²) in [6, 6.07) is 7.87. The monoisotopic (exact) mass is 282 g/mol. The number of pyridine rings is 1. The van der Waals surface area contributed by atoms with E-state index < -0.39 is 5.97 Å². The largest absolute Gasteiger partial charge is 0.478 e. The maximum atomic E-state index is 11.0. The van der Waals surface area contributed by atoms with Gasteiger partial charge in [-0.25, -0.2) is 9.78 Å². The van der Waals surface area contributed by atoms with E-state index in [9.17, 15) is 4.79 Å². The highest BCUT2D eigenvalue weighted by molar-refractivity contribution is 6.35. The van der Waals surface area contributed by atoms with Gasteiger partial charge in [0, 0.05) is 11.2 Å². The Morgan fingerprint density at radius 3 is 2.78 bits per heavy atom. The molecule has 0 aliphatic carbocycles. The lowest BCUT2D eigenvalue weighted by molar-refractivity contribution is 0.0697. The molecule has 1 heterocycles. The van der Waals surface area contributed by atoms with Crippen LogP contribution in [0.3, 0.4) is 0 Å². The topological polar surface area (TPSA) is 62.2 Å². The summed E-state index contributed by atoms with van der Waals surface area (Å²) >= 11 is 11.8. The third-order valence-electron chi connectivity index (χ3n) is 2.22. The first kappa shape index (κ1) is 12.7. The Bertz CT molecular complexity index is 602. The molecule has 18 heavy (non-hydrogen) atoms. The van der Waals surface area contributed by atoms with E-state index >= 15 is 0 Å². The lowest BCUT2D eigenvalue weighted by atomic mass is 10.2. The van der Waals surface area contributed by atoms with Crippen LogP contribution in [0.4, 0.5) is 11.5 Å². The van der Waals surface area contributed by atoms with Crippen molar-refractivity contribution < 1.29 is 9.90 Å². The Hall–Kier alpha value is -1.78. The van der Waals surface area contributed by atoms with E-state index in [1.807, 2.05) is 0 Å². The van der Waals surface area contributed by atoms with Crippen LogP contribution >= 0.6 is 23.2 Å². The van der Waals surface area contributed by atoms with E-state index in [1.54, 1.807) is 24.3 Å². The fourth-order valence-corrected chi connectivity index (χ4v) is 1.74. The lowest BCUT2D eigenvalue weighted by Crippen LogP contribution is -2.04. The van der Waals surface area contributed by atoms with Crippen LogP contribution in [0.25, 0.3) is 0 Å². The van der Waals surface area contributed by atoms with Crippen molar-refractivity contribution in [3.05, 3.63) is 52.1 Å². The van der Waals surface area contributed by atoms with Gasteiger partial charge in [-0.15, -0.1) is 0 Å². The molecule has 2 rings (SSSR count). The SMILES string of the molecule is O=C(O)c1cccnc1Nc1cc(Cl)ccc1Cl. The van der Waals surface area contributed by atoms with Crippen LogP contribution in [0.1, 0.15) is 10.4 Å². The minimum absolute atomic E-state index is 0.0635. The molecule has 2 N–H and O–H groups in total. The average Bonchev–Trinajstić information content (AvgIpc) is 2.34. The van der Waals surface area contributed by atoms with Gasteiger partial charge in [0.05, 0.1) is 10.7 Å². The quantitative estimate of drug-likeness (QED) is 0.898. The molecule has 0 radical (unpaired) electrons. The third kappa shape index (κ3) is 2.72. The summed E-state index contributed by atoms with van der Waals surface area (Å²) in [5.74, 6) is -0.849. The van der Waals surface area contributed by atoms with Crippen molar-refractivity contribution in [2.45, 2.75) is 0 Å². The van der Waals surface area contributed by atoms with Gasteiger partial charge in [-0.3, -0.25) is 0 Å².